The molecule has 0 aliphatic rings. The van der Waals surface area contributed by atoms with E-state index in [4.69, 9.17) is 11.6 Å². The zero-order chi connectivity index (χ0) is 13.8. The van der Waals surface area contributed by atoms with Crippen LogP contribution in [0.5, 0.6) is 0 Å². The first-order chi connectivity index (χ1) is 8.38. The van der Waals surface area contributed by atoms with Gasteiger partial charge >= 0.3 is 6.18 Å². The van der Waals surface area contributed by atoms with Crippen molar-refractivity contribution in [1.29, 1.82) is 0 Å². The Labute approximate surface area is 110 Å². The van der Waals surface area contributed by atoms with Crippen LogP contribution in [0, 0.1) is 5.92 Å². The number of hydrogen-bond donors (Lipinski definition) is 1. The molecule has 0 heterocycles. The van der Waals surface area contributed by atoms with E-state index in [1.54, 1.807) is 0 Å². The summed E-state index contributed by atoms with van der Waals surface area (Å²) in [5, 5.41) is 3.31. The molecule has 0 amide bonds. The molecule has 1 nitrogen and oxygen atoms in total. The van der Waals surface area contributed by atoms with E-state index >= 15 is 0 Å². The predicted octanol–water partition coefficient (Wildman–Crippen LogP) is 5.21. The highest BCUT2D eigenvalue weighted by Crippen LogP contribution is 2.33. The molecule has 0 aliphatic heterocycles. The van der Waals surface area contributed by atoms with Crippen LogP contribution in [0.4, 0.5) is 18.9 Å². The fraction of sp³-hybridized carbons (Fsp3) is 0.538. The summed E-state index contributed by atoms with van der Waals surface area (Å²) < 4.78 is 37.7. The van der Waals surface area contributed by atoms with Crippen molar-refractivity contribution >= 4 is 17.3 Å². The van der Waals surface area contributed by atoms with E-state index in [1.165, 1.54) is 6.07 Å². The minimum atomic E-state index is -4.34. The van der Waals surface area contributed by atoms with Gasteiger partial charge in [-0.15, -0.1) is 0 Å². The number of anilines is 1. The summed E-state index contributed by atoms with van der Waals surface area (Å²) in [4.78, 5) is 0. The van der Waals surface area contributed by atoms with Gasteiger partial charge in [0.2, 0.25) is 0 Å². The number of hydrogen-bond acceptors (Lipinski definition) is 1. The molecule has 0 unspecified atom stereocenters. The maximum atomic E-state index is 12.6. The van der Waals surface area contributed by atoms with Crippen LogP contribution in [-0.4, -0.2) is 6.54 Å². The molecule has 0 saturated heterocycles. The first-order valence-electron chi connectivity index (χ1n) is 5.99. The molecule has 102 valence electrons. The summed E-state index contributed by atoms with van der Waals surface area (Å²) in [6, 6.07) is 3.33. The molecule has 0 spiro atoms. The van der Waals surface area contributed by atoms with E-state index in [2.05, 4.69) is 19.2 Å². The molecular weight excluding hydrogens is 263 g/mol. The smallest absolute Gasteiger partial charge is 0.384 e. The number of rotatable bonds is 5. The van der Waals surface area contributed by atoms with Gasteiger partial charge in [0.1, 0.15) is 0 Å². The highest BCUT2D eigenvalue weighted by Gasteiger charge is 2.30. The lowest BCUT2D eigenvalue weighted by Crippen LogP contribution is -2.14. The average Bonchev–Trinajstić information content (AvgIpc) is 2.31. The van der Waals surface area contributed by atoms with Gasteiger partial charge in [0.25, 0.3) is 0 Å². The maximum Gasteiger partial charge on any atom is 0.416 e. The van der Waals surface area contributed by atoms with Crippen molar-refractivity contribution in [2.75, 3.05) is 11.9 Å². The second-order valence-corrected chi connectivity index (χ2v) is 4.66. The van der Waals surface area contributed by atoms with E-state index in [1.807, 2.05) is 0 Å². The van der Waals surface area contributed by atoms with Crippen molar-refractivity contribution in [2.24, 2.45) is 5.92 Å². The lowest BCUT2D eigenvalue weighted by atomic mass is 10.0. The Morgan fingerprint density at radius 1 is 1.22 bits per heavy atom. The van der Waals surface area contributed by atoms with Gasteiger partial charge in [-0.2, -0.15) is 13.2 Å². The van der Waals surface area contributed by atoms with Gasteiger partial charge in [0.15, 0.2) is 0 Å². The summed E-state index contributed by atoms with van der Waals surface area (Å²) in [5.41, 5.74) is -0.336. The van der Waals surface area contributed by atoms with Crippen molar-refractivity contribution in [3.05, 3.63) is 28.8 Å². The minimum Gasteiger partial charge on any atom is -0.384 e. The van der Waals surface area contributed by atoms with Crippen molar-refractivity contribution in [3.8, 4) is 0 Å². The Bertz CT molecular complexity index is 386. The van der Waals surface area contributed by atoms with Gasteiger partial charge in [-0.05, 0) is 24.1 Å². The fourth-order valence-corrected chi connectivity index (χ4v) is 1.85. The van der Waals surface area contributed by atoms with Gasteiger partial charge in [-0.3, -0.25) is 0 Å². The Hall–Kier alpha value is -0.900. The lowest BCUT2D eigenvalue weighted by Gasteiger charge is -2.16. The molecular formula is C13H17ClF3N. The summed E-state index contributed by atoms with van der Waals surface area (Å²) >= 11 is 5.89. The van der Waals surface area contributed by atoms with Crippen LogP contribution in [0.15, 0.2) is 18.2 Å². The Kier molecular flexibility index (Phi) is 5.32. The monoisotopic (exact) mass is 279 g/mol. The van der Waals surface area contributed by atoms with Crippen molar-refractivity contribution in [2.45, 2.75) is 32.9 Å². The van der Waals surface area contributed by atoms with Gasteiger partial charge in [-0.1, -0.05) is 38.3 Å². The quantitative estimate of drug-likeness (QED) is 0.780. The molecule has 0 aromatic heterocycles. The first kappa shape index (κ1) is 15.2. The Morgan fingerprint density at radius 2 is 1.83 bits per heavy atom. The van der Waals surface area contributed by atoms with Crippen molar-refractivity contribution < 1.29 is 13.2 Å². The molecule has 0 radical (unpaired) electrons. The zero-order valence-corrected chi connectivity index (χ0v) is 11.2. The normalized spacial score (nSPS) is 11.9. The molecule has 1 aromatic rings. The van der Waals surface area contributed by atoms with Crippen LogP contribution < -0.4 is 5.32 Å². The molecule has 1 aromatic carbocycles. The SMILES string of the molecule is CCC(CC)CNc1cc(C(F)(F)F)ccc1Cl. The summed E-state index contributed by atoms with van der Waals surface area (Å²) in [6.45, 7) is 4.75. The third-order valence-corrected chi connectivity index (χ3v) is 3.36. The molecule has 0 atom stereocenters. The molecule has 1 rings (SSSR count). The van der Waals surface area contributed by atoms with E-state index in [9.17, 15) is 13.2 Å². The molecule has 0 saturated carbocycles. The molecule has 18 heavy (non-hydrogen) atoms. The van der Waals surface area contributed by atoms with E-state index < -0.39 is 11.7 Å². The molecule has 1 N–H and O–H groups in total. The van der Waals surface area contributed by atoms with Crippen LogP contribution in [0.2, 0.25) is 5.02 Å². The highest BCUT2D eigenvalue weighted by atomic mass is 35.5. The van der Waals surface area contributed by atoms with Crippen LogP contribution in [0.1, 0.15) is 32.3 Å². The number of alkyl halides is 3. The Morgan fingerprint density at radius 3 is 2.33 bits per heavy atom. The topological polar surface area (TPSA) is 12.0 Å². The van der Waals surface area contributed by atoms with Crippen LogP contribution in [0.3, 0.4) is 0 Å². The zero-order valence-electron chi connectivity index (χ0n) is 10.4. The maximum absolute atomic E-state index is 12.6. The third-order valence-electron chi connectivity index (χ3n) is 3.03. The summed E-state index contributed by atoms with van der Waals surface area (Å²) in [5.74, 6) is 0.440. The van der Waals surface area contributed by atoms with Gasteiger partial charge in [0, 0.05) is 6.54 Å². The Balaban J connectivity index is 2.82. The number of nitrogens with one attached hydrogen (secondary N) is 1. The number of benzene rings is 1. The number of halogens is 4. The summed E-state index contributed by atoms with van der Waals surface area (Å²) in [7, 11) is 0. The second-order valence-electron chi connectivity index (χ2n) is 4.26. The lowest BCUT2D eigenvalue weighted by molar-refractivity contribution is -0.137. The van der Waals surface area contributed by atoms with Crippen molar-refractivity contribution in [1.82, 2.24) is 0 Å². The minimum absolute atomic E-state index is 0.314. The largest absolute Gasteiger partial charge is 0.416 e. The predicted molar refractivity (Wildman–Crippen MR) is 69.0 cm³/mol. The van der Waals surface area contributed by atoms with Crippen LogP contribution in [-0.2, 0) is 6.18 Å². The highest BCUT2D eigenvalue weighted by molar-refractivity contribution is 6.33. The van der Waals surface area contributed by atoms with E-state index in [0.29, 0.717) is 23.2 Å². The standard InChI is InChI=1S/C13H17ClF3N/c1-3-9(4-2)8-18-12-7-10(13(15,16)17)5-6-11(12)14/h5-7,9,18H,3-4,8H2,1-2H3. The van der Waals surface area contributed by atoms with E-state index in [-0.39, 0.29) is 0 Å². The van der Waals surface area contributed by atoms with Crippen molar-refractivity contribution in [3.63, 3.8) is 0 Å². The van der Waals surface area contributed by atoms with Gasteiger partial charge in [-0.25, -0.2) is 0 Å². The molecule has 0 aliphatic carbocycles. The summed E-state index contributed by atoms with van der Waals surface area (Å²) in [6.07, 6.45) is -2.36. The van der Waals surface area contributed by atoms with E-state index in [0.717, 1.165) is 25.0 Å². The van der Waals surface area contributed by atoms with Crippen LogP contribution >= 0.6 is 11.6 Å². The molecule has 0 fully saturated rings. The molecule has 5 heteroatoms. The molecule has 0 bridgehead atoms. The third kappa shape index (κ3) is 4.09. The fourth-order valence-electron chi connectivity index (χ4n) is 1.67. The second kappa shape index (κ2) is 6.32. The van der Waals surface area contributed by atoms with Gasteiger partial charge in [0.05, 0.1) is 16.3 Å². The van der Waals surface area contributed by atoms with Crippen LogP contribution in [0.25, 0.3) is 0 Å². The first-order valence-corrected chi connectivity index (χ1v) is 6.36. The van der Waals surface area contributed by atoms with Gasteiger partial charge < -0.3 is 5.32 Å². The average molecular weight is 280 g/mol.